The zero-order valence-corrected chi connectivity index (χ0v) is 45.0. The molecule has 66 heavy (non-hydrogen) atoms. The number of halogens is 5. The van der Waals surface area contributed by atoms with Crippen LogP contribution in [0.15, 0.2) is 73.9 Å². The first-order chi connectivity index (χ1) is 29.4. The van der Waals surface area contributed by atoms with Gasteiger partial charge in [0.05, 0.1) is 76.0 Å². The van der Waals surface area contributed by atoms with Gasteiger partial charge in [0.2, 0.25) is 0 Å². The third-order valence-electron chi connectivity index (χ3n) is 15.3. The van der Waals surface area contributed by atoms with Gasteiger partial charge in [-0.3, -0.25) is 0 Å². The number of fused-ring (bicyclic) bond motifs is 8. The van der Waals surface area contributed by atoms with Gasteiger partial charge in [0, 0.05) is 24.2 Å². The van der Waals surface area contributed by atoms with E-state index in [4.69, 9.17) is 10.6 Å². The largest absolute Gasteiger partial charge is 3.00 e. The van der Waals surface area contributed by atoms with Gasteiger partial charge in [-0.15, -0.1) is 24.2 Å². The van der Waals surface area contributed by atoms with Crippen molar-refractivity contribution in [3.8, 4) is 0 Å². The van der Waals surface area contributed by atoms with Crippen LogP contribution in [0.3, 0.4) is 0 Å². The summed E-state index contributed by atoms with van der Waals surface area (Å²) in [4.78, 5) is 0. The van der Waals surface area contributed by atoms with Crippen molar-refractivity contribution in [3.63, 3.8) is 0 Å². The molecule has 4 aromatic rings. The third-order valence-corrected chi connectivity index (χ3v) is 15.3. The topological polar surface area (TPSA) is 87.5 Å². The van der Waals surface area contributed by atoms with Crippen molar-refractivity contribution in [3.05, 3.63) is 108 Å². The van der Waals surface area contributed by atoms with E-state index in [1.54, 1.807) is 0 Å². The van der Waals surface area contributed by atoms with E-state index in [2.05, 4.69) is 176 Å². The molecule has 0 radical (unpaired) electrons. The molecular formula is C48H74Cl5MnN12. The Balaban J connectivity index is 0.00000193. The Kier molecular flexibility index (Phi) is 22.4. The maximum Gasteiger partial charge on any atom is 3.00 e. The molecule has 9 heterocycles. The smallest absolute Gasteiger partial charge is 1.00 e. The van der Waals surface area contributed by atoms with Crippen molar-refractivity contribution in [2.24, 2.45) is 0 Å². The van der Waals surface area contributed by atoms with Gasteiger partial charge in [-0.2, -0.15) is 0 Å². The summed E-state index contributed by atoms with van der Waals surface area (Å²) in [6.07, 6.45) is 32.9. The van der Waals surface area contributed by atoms with Crippen LogP contribution in [0.25, 0.3) is 10.6 Å². The van der Waals surface area contributed by atoms with Crippen molar-refractivity contribution in [1.82, 2.24) is 28.9 Å². The van der Waals surface area contributed by atoms with Crippen molar-refractivity contribution >= 4 is 0 Å². The second kappa shape index (κ2) is 25.3. The maximum atomic E-state index is 6.08. The van der Waals surface area contributed by atoms with Crippen LogP contribution in [-0.2, 0) is 69.4 Å². The van der Waals surface area contributed by atoms with Gasteiger partial charge in [0.25, 0.3) is 23.3 Å². The number of nitrogens with zero attached hydrogens (tertiary/aromatic N) is 10. The Labute approximate surface area is 436 Å². The van der Waals surface area contributed by atoms with Crippen molar-refractivity contribution in [2.45, 2.75) is 205 Å². The van der Waals surface area contributed by atoms with E-state index in [9.17, 15) is 0 Å². The SMILES string of the molecule is CCn1cc[n+](CC)c1C1C2CCC([N-]2)C(c2n(CC)cc[n+]2CC)C2C=CC(N2)C(c2n(CC)cc[n+]2CC)C2CCC([N-]2)C(c2n(CC)cc[n+]2CC)C2C=CC1N2.[Cl-].[Cl-].[Cl-].[Cl-].[Cl-].[Mn+3]. The Hall–Kier alpha value is -1.87. The summed E-state index contributed by atoms with van der Waals surface area (Å²) in [6, 6.07) is 1.38. The van der Waals surface area contributed by atoms with E-state index in [-0.39, 0.29) is 151 Å². The van der Waals surface area contributed by atoms with Crippen LogP contribution in [0.4, 0.5) is 0 Å². The van der Waals surface area contributed by atoms with Crippen LogP contribution in [0, 0.1) is 0 Å². The molecule has 8 bridgehead atoms. The second-order valence-corrected chi connectivity index (χ2v) is 17.9. The van der Waals surface area contributed by atoms with E-state index in [0.29, 0.717) is 0 Å². The summed E-state index contributed by atoms with van der Waals surface area (Å²) in [5.41, 5.74) is 0. The van der Waals surface area contributed by atoms with Crippen LogP contribution in [0.1, 0.15) is 128 Å². The van der Waals surface area contributed by atoms with Crippen LogP contribution < -0.4 is 90.9 Å². The molecule has 12 atom stereocenters. The Morgan fingerprint density at radius 1 is 0.409 bits per heavy atom. The van der Waals surface area contributed by atoms with E-state index in [0.717, 1.165) is 78.0 Å². The molecule has 368 valence electrons. The molecule has 0 saturated carbocycles. The molecule has 0 amide bonds. The molecule has 5 aliphatic rings. The fourth-order valence-electron chi connectivity index (χ4n) is 12.5. The number of rotatable bonds is 12. The first-order valence-corrected chi connectivity index (χ1v) is 24.0. The molecular weight excluding hydrogens is 977 g/mol. The van der Waals surface area contributed by atoms with Gasteiger partial charge in [-0.1, -0.05) is 50.0 Å². The minimum absolute atomic E-state index is 0. The molecule has 12 unspecified atom stereocenters. The van der Waals surface area contributed by atoms with Gasteiger partial charge in [-0.05, 0) is 55.4 Å². The normalized spacial score (nSPS) is 29.6. The molecule has 2 N–H and O–H groups in total. The predicted octanol–water partition coefficient (Wildman–Crippen LogP) is -9.73. The van der Waals surface area contributed by atoms with Crippen molar-refractivity contribution in [1.29, 1.82) is 0 Å². The van der Waals surface area contributed by atoms with E-state index in [1.807, 2.05) is 0 Å². The van der Waals surface area contributed by atoms with Gasteiger partial charge >= 0.3 is 17.1 Å². The average Bonchev–Trinajstić information content (AvgIpc) is 4.13. The summed E-state index contributed by atoms with van der Waals surface area (Å²) < 4.78 is 20.0. The second-order valence-electron chi connectivity index (χ2n) is 17.9. The standard InChI is InChI=1S/C48H74N12.5ClH.Mn/c1-9-53-25-26-54(10-2)45(53)41-33-17-19-35(49-33)42(46-55(11-3)27-28-56(46)12-4)37-21-23-39(51-37)44(48-59(15-7)31-32-60(48)16-8)40-24-22-38(52-40)43(36-20-18-34(41)50-36)47-57(13-5)29-30-58(47)14-6;;;;;;/h17,19,22,24-44,49,52H,9-16,18,20-21,23H2,1-8H3;5*1H;/q+2;;;;;;+3/p-5. The Bertz CT molecular complexity index is 1800. The summed E-state index contributed by atoms with van der Waals surface area (Å²) >= 11 is 0. The first-order valence-electron chi connectivity index (χ1n) is 24.0. The summed E-state index contributed by atoms with van der Waals surface area (Å²) in [6.45, 7) is 25.9. The summed E-state index contributed by atoms with van der Waals surface area (Å²) in [5.74, 6) is 6.44. The van der Waals surface area contributed by atoms with Gasteiger partial charge < -0.3 is 83.3 Å². The first kappa shape index (κ1) is 58.4. The monoisotopic (exact) mass is 1050 g/mol. The number of hydrogen-bond acceptors (Lipinski definition) is 2. The predicted molar refractivity (Wildman–Crippen MR) is 235 cm³/mol. The number of aromatic nitrogens is 8. The van der Waals surface area contributed by atoms with Crippen LogP contribution in [0.5, 0.6) is 0 Å². The van der Waals surface area contributed by atoms with Crippen LogP contribution >= 0.6 is 0 Å². The molecule has 5 aliphatic heterocycles. The van der Waals surface area contributed by atoms with E-state index < -0.39 is 0 Å². The molecule has 9 rings (SSSR count). The Morgan fingerprint density at radius 2 is 0.621 bits per heavy atom. The van der Waals surface area contributed by atoms with Crippen molar-refractivity contribution in [2.75, 3.05) is 0 Å². The fourth-order valence-corrected chi connectivity index (χ4v) is 12.5. The molecule has 0 aromatic carbocycles. The number of imidazole rings is 4. The van der Waals surface area contributed by atoms with Gasteiger partial charge in [0.15, 0.2) is 0 Å². The molecule has 0 spiro atoms. The van der Waals surface area contributed by atoms with Crippen molar-refractivity contribution < 1.29 is 97.4 Å². The van der Waals surface area contributed by atoms with Gasteiger partial charge in [0.1, 0.15) is 49.6 Å². The number of hydrogen-bond donors (Lipinski definition) is 2. The number of aryl methyl sites for hydroxylation is 8. The minimum Gasteiger partial charge on any atom is -1.00 e. The molecule has 18 heteroatoms. The molecule has 0 aliphatic carbocycles. The minimum atomic E-state index is 0. The molecule has 4 aromatic heterocycles. The zero-order chi connectivity index (χ0) is 41.7. The third kappa shape index (κ3) is 10.3. The van der Waals surface area contributed by atoms with Crippen LogP contribution in [-0.4, -0.2) is 66.6 Å². The molecule has 3 fully saturated rings. The Morgan fingerprint density at radius 3 is 0.803 bits per heavy atom. The number of nitrogens with one attached hydrogen (secondary N) is 2. The maximum absolute atomic E-state index is 6.08. The summed E-state index contributed by atoms with van der Waals surface area (Å²) in [5, 5.41) is 20.9. The quantitative estimate of drug-likeness (QED) is 0.0841. The molecule has 12 nitrogen and oxygen atoms in total. The summed E-state index contributed by atoms with van der Waals surface area (Å²) in [7, 11) is 0. The fraction of sp³-hybridized carbons (Fsp3) is 0.667. The van der Waals surface area contributed by atoms with Gasteiger partial charge in [-0.25, -0.2) is 36.5 Å². The molecule has 3 saturated heterocycles. The van der Waals surface area contributed by atoms with Crippen LogP contribution in [0.2, 0.25) is 0 Å². The zero-order valence-electron chi connectivity index (χ0n) is 40.1. The van der Waals surface area contributed by atoms with E-state index >= 15 is 0 Å². The van der Waals surface area contributed by atoms with E-state index in [1.165, 1.54) is 23.3 Å². The average molecular weight is 1050 g/mol.